The summed E-state index contributed by atoms with van der Waals surface area (Å²) in [5.41, 5.74) is 6.30. The van der Waals surface area contributed by atoms with Gasteiger partial charge < -0.3 is 9.64 Å². The van der Waals surface area contributed by atoms with Gasteiger partial charge in [0.2, 0.25) is 0 Å². The predicted octanol–water partition coefficient (Wildman–Crippen LogP) is 3.27. The number of allylic oxidation sites excluding steroid dienone is 1. The standard InChI is InChI=1S/C23H27N3O2S/c1-16-15-28-12-11-26(16)17-13-21(19-7-10-24-20-6-4-5-18(19)20)25-22(14-17)23(8-9-23)29(2,3)27/h4-5,7,10,13-14,16H,2,6,8-9,11-12,15H2,1,3H3/t16-,29?/m1/s1. The molecule has 1 aliphatic heterocycles. The molecule has 0 N–H and O–H groups in total. The monoisotopic (exact) mass is 409 g/mol. The number of aromatic nitrogens is 2. The van der Waals surface area contributed by atoms with E-state index in [1.807, 2.05) is 12.3 Å². The van der Waals surface area contributed by atoms with Crippen molar-refractivity contribution in [2.75, 3.05) is 30.9 Å². The molecule has 2 aromatic rings. The molecule has 6 heteroatoms. The van der Waals surface area contributed by atoms with Gasteiger partial charge in [-0.25, -0.2) is 0 Å². The Morgan fingerprint density at radius 1 is 1.34 bits per heavy atom. The van der Waals surface area contributed by atoms with Crippen LogP contribution in [0.4, 0.5) is 5.69 Å². The van der Waals surface area contributed by atoms with Crippen LogP contribution in [0, 0.1) is 0 Å². The van der Waals surface area contributed by atoms with E-state index in [-0.39, 0.29) is 6.04 Å². The fraction of sp³-hybridized carbons (Fsp3) is 0.435. The average Bonchev–Trinajstić information content (AvgIpc) is 3.39. The fourth-order valence-corrected chi connectivity index (χ4v) is 6.08. The van der Waals surface area contributed by atoms with Gasteiger partial charge in [0.1, 0.15) is 0 Å². The lowest BCUT2D eigenvalue weighted by Gasteiger charge is -2.36. The third kappa shape index (κ3) is 3.09. The van der Waals surface area contributed by atoms with E-state index >= 15 is 0 Å². The number of ether oxygens (including phenoxy) is 1. The molecule has 1 unspecified atom stereocenters. The quantitative estimate of drug-likeness (QED) is 0.726. The van der Waals surface area contributed by atoms with Crippen LogP contribution in [0.1, 0.15) is 36.7 Å². The zero-order valence-electron chi connectivity index (χ0n) is 17.1. The molecule has 3 heterocycles. The molecule has 0 radical (unpaired) electrons. The highest BCUT2D eigenvalue weighted by atomic mass is 32.2. The summed E-state index contributed by atoms with van der Waals surface area (Å²) in [6.45, 7) is 4.46. The normalized spacial score (nSPS) is 24.2. The smallest absolute Gasteiger partial charge is 0.0802 e. The van der Waals surface area contributed by atoms with Gasteiger partial charge in [-0.05, 0) is 53.4 Å². The van der Waals surface area contributed by atoms with Gasteiger partial charge in [-0.2, -0.15) is 0 Å². The Labute approximate surface area is 172 Å². The SMILES string of the molecule is C=S(C)(=O)C1(c2cc(N3CCOC[C@H]3C)cc(-c3ccnc4c3C=CC4)n2)CC1. The predicted molar refractivity (Wildman–Crippen MR) is 120 cm³/mol. The lowest BCUT2D eigenvalue weighted by molar-refractivity contribution is 0.0989. The van der Waals surface area contributed by atoms with Crippen LogP contribution in [0.2, 0.25) is 0 Å². The van der Waals surface area contributed by atoms with E-state index in [1.54, 1.807) is 6.26 Å². The first kappa shape index (κ1) is 18.8. The molecule has 29 heavy (non-hydrogen) atoms. The van der Waals surface area contributed by atoms with E-state index in [9.17, 15) is 4.21 Å². The number of anilines is 1. The second-order valence-corrected chi connectivity index (χ2v) is 11.3. The summed E-state index contributed by atoms with van der Waals surface area (Å²) < 4.78 is 18.3. The van der Waals surface area contributed by atoms with Gasteiger partial charge in [-0.3, -0.25) is 14.2 Å². The summed E-state index contributed by atoms with van der Waals surface area (Å²) in [6, 6.07) is 6.64. The molecule has 1 saturated heterocycles. The van der Waals surface area contributed by atoms with Gasteiger partial charge in [0.05, 0.1) is 35.0 Å². The van der Waals surface area contributed by atoms with Crippen molar-refractivity contribution in [3.8, 4) is 11.3 Å². The molecule has 5 rings (SSSR count). The third-order valence-electron chi connectivity index (χ3n) is 6.45. The Morgan fingerprint density at radius 2 is 2.17 bits per heavy atom. The first-order valence-electron chi connectivity index (χ1n) is 10.2. The highest BCUT2D eigenvalue weighted by Crippen LogP contribution is 2.52. The van der Waals surface area contributed by atoms with Crippen molar-refractivity contribution >= 4 is 27.2 Å². The minimum Gasteiger partial charge on any atom is -0.377 e. The van der Waals surface area contributed by atoms with E-state index in [2.05, 4.69) is 47.0 Å². The molecule has 1 saturated carbocycles. The Balaban J connectivity index is 1.70. The van der Waals surface area contributed by atoms with Crippen molar-refractivity contribution in [1.29, 1.82) is 0 Å². The van der Waals surface area contributed by atoms with Crippen molar-refractivity contribution in [2.45, 2.75) is 37.0 Å². The maximum absolute atomic E-state index is 13.1. The Bertz CT molecular complexity index is 1100. The fourth-order valence-electron chi connectivity index (χ4n) is 4.56. The number of morpholine rings is 1. The van der Waals surface area contributed by atoms with Crippen LogP contribution >= 0.6 is 0 Å². The van der Waals surface area contributed by atoms with Crippen molar-refractivity contribution in [1.82, 2.24) is 9.97 Å². The Morgan fingerprint density at radius 3 is 2.90 bits per heavy atom. The summed E-state index contributed by atoms with van der Waals surface area (Å²) >= 11 is 0. The molecular formula is C23H27N3O2S. The maximum atomic E-state index is 13.1. The summed E-state index contributed by atoms with van der Waals surface area (Å²) in [4.78, 5) is 12.0. The van der Waals surface area contributed by atoms with Gasteiger partial charge in [-0.1, -0.05) is 12.2 Å². The molecule has 2 aliphatic carbocycles. The van der Waals surface area contributed by atoms with Crippen LogP contribution in [0.15, 0.2) is 30.5 Å². The maximum Gasteiger partial charge on any atom is 0.0802 e. The third-order valence-corrected chi connectivity index (χ3v) is 8.72. The second-order valence-electron chi connectivity index (χ2n) is 8.54. The van der Waals surface area contributed by atoms with Crippen LogP contribution in [-0.4, -0.2) is 52.1 Å². The van der Waals surface area contributed by atoms with Crippen LogP contribution in [0.5, 0.6) is 0 Å². The molecule has 5 nitrogen and oxygen atoms in total. The first-order chi connectivity index (χ1) is 13.9. The first-order valence-corrected chi connectivity index (χ1v) is 12.4. The van der Waals surface area contributed by atoms with Gasteiger partial charge in [-0.15, -0.1) is 0 Å². The number of pyridine rings is 2. The largest absolute Gasteiger partial charge is 0.377 e. The van der Waals surface area contributed by atoms with E-state index in [0.29, 0.717) is 6.61 Å². The lowest BCUT2D eigenvalue weighted by atomic mass is 10.0. The van der Waals surface area contributed by atoms with Crippen LogP contribution in [-0.2, 0) is 25.4 Å². The number of rotatable bonds is 4. The van der Waals surface area contributed by atoms with Crippen molar-refractivity contribution in [3.63, 3.8) is 0 Å². The molecule has 0 spiro atoms. The van der Waals surface area contributed by atoms with Gasteiger partial charge in [0, 0.05) is 48.3 Å². The van der Waals surface area contributed by atoms with Gasteiger partial charge >= 0.3 is 0 Å². The summed E-state index contributed by atoms with van der Waals surface area (Å²) in [7, 11) is -2.25. The molecule has 0 aromatic carbocycles. The van der Waals surface area contributed by atoms with E-state index in [1.165, 1.54) is 0 Å². The van der Waals surface area contributed by atoms with Gasteiger partial charge in [0.25, 0.3) is 0 Å². The minimum absolute atomic E-state index is 0.288. The molecular weight excluding hydrogens is 382 g/mol. The Hall–Kier alpha value is -2.18. The number of nitrogens with zero attached hydrogens (tertiary/aromatic N) is 3. The summed E-state index contributed by atoms with van der Waals surface area (Å²) in [6.07, 6.45) is 10.6. The number of hydrogen-bond acceptors (Lipinski definition) is 5. The van der Waals surface area contributed by atoms with Crippen LogP contribution < -0.4 is 4.90 Å². The van der Waals surface area contributed by atoms with Crippen LogP contribution in [0.25, 0.3) is 17.3 Å². The van der Waals surface area contributed by atoms with Crippen molar-refractivity contribution in [3.05, 3.63) is 47.4 Å². The summed E-state index contributed by atoms with van der Waals surface area (Å²) in [5.74, 6) is 4.03. The molecule has 2 fully saturated rings. The topological polar surface area (TPSA) is 55.3 Å². The highest BCUT2D eigenvalue weighted by Gasteiger charge is 2.51. The molecule has 0 amide bonds. The van der Waals surface area contributed by atoms with Crippen LogP contribution in [0.3, 0.4) is 0 Å². The van der Waals surface area contributed by atoms with Crippen molar-refractivity contribution < 1.29 is 8.95 Å². The number of fused-ring (bicyclic) bond motifs is 1. The lowest BCUT2D eigenvalue weighted by Crippen LogP contribution is -2.43. The second kappa shape index (κ2) is 6.67. The van der Waals surface area contributed by atoms with E-state index in [0.717, 1.165) is 66.3 Å². The zero-order chi connectivity index (χ0) is 20.2. The summed E-state index contributed by atoms with van der Waals surface area (Å²) in [5, 5.41) is 0. The molecule has 3 aliphatic rings. The van der Waals surface area contributed by atoms with Crippen molar-refractivity contribution in [2.24, 2.45) is 0 Å². The highest BCUT2D eigenvalue weighted by molar-refractivity contribution is 8.00. The Kier molecular flexibility index (Phi) is 4.33. The zero-order valence-corrected chi connectivity index (χ0v) is 17.9. The molecule has 2 aromatic heterocycles. The average molecular weight is 410 g/mol. The van der Waals surface area contributed by atoms with E-state index < -0.39 is 14.3 Å². The number of hydrogen-bond donors (Lipinski definition) is 0. The molecule has 0 bridgehead atoms. The van der Waals surface area contributed by atoms with Gasteiger partial charge in [0.15, 0.2) is 0 Å². The van der Waals surface area contributed by atoms with E-state index in [4.69, 9.17) is 9.72 Å². The molecule has 152 valence electrons. The molecule has 2 atom stereocenters. The minimum atomic E-state index is -2.25.